The number of benzene rings is 1. The second-order valence-corrected chi connectivity index (χ2v) is 5.83. The maximum Gasteiger partial charge on any atom is 0.319 e. The van der Waals surface area contributed by atoms with Crippen LogP contribution in [0.25, 0.3) is 0 Å². The Balaban J connectivity index is 1.61. The molecule has 2 aliphatic rings. The SMILES string of the molecule is CCN(CC)C(=O)N1CCC(c2ccc3c(c2)OCO3)CC1. The predicted octanol–water partition coefficient (Wildman–Crippen LogP) is 3.06. The van der Waals surface area contributed by atoms with Gasteiger partial charge >= 0.3 is 6.03 Å². The Morgan fingerprint density at radius 1 is 1.18 bits per heavy atom. The number of rotatable bonds is 3. The van der Waals surface area contributed by atoms with E-state index in [1.807, 2.05) is 29.7 Å². The first-order valence-electron chi connectivity index (χ1n) is 8.16. The van der Waals surface area contributed by atoms with E-state index in [-0.39, 0.29) is 6.03 Å². The van der Waals surface area contributed by atoms with Crippen molar-refractivity contribution < 1.29 is 14.3 Å². The Kier molecular flexibility index (Phi) is 4.41. The minimum Gasteiger partial charge on any atom is -0.454 e. The molecule has 0 radical (unpaired) electrons. The molecule has 1 saturated heterocycles. The third kappa shape index (κ3) is 2.85. The van der Waals surface area contributed by atoms with Gasteiger partial charge in [0, 0.05) is 26.2 Å². The van der Waals surface area contributed by atoms with Crippen LogP contribution in [-0.4, -0.2) is 48.8 Å². The van der Waals surface area contributed by atoms with E-state index in [1.54, 1.807) is 0 Å². The summed E-state index contributed by atoms with van der Waals surface area (Å²) in [4.78, 5) is 16.2. The summed E-state index contributed by atoms with van der Waals surface area (Å²) in [5.41, 5.74) is 1.29. The van der Waals surface area contributed by atoms with Gasteiger partial charge in [-0.2, -0.15) is 0 Å². The molecular formula is C17H24N2O3. The van der Waals surface area contributed by atoms with Crippen molar-refractivity contribution in [2.45, 2.75) is 32.6 Å². The summed E-state index contributed by atoms with van der Waals surface area (Å²) in [6.45, 7) is 7.58. The minimum atomic E-state index is 0.175. The fourth-order valence-electron chi connectivity index (χ4n) is 3.27. The third-order valence-corrected chi connectivity index (χ3v) is 4.67. The lowest BCUT2D eigenvalue weighted by atomic mass is 9.89. The molecule has 0 unspecified atom stereocenters. The number of fused-ring (bicyclic) bond motifs is 1. The summed E-state index contributed by atoms with van der Waals surface area (Å²) in [6.07, 6.45) is 2.01. The number of hydrogen-bond acceptors (Lipinski definition) is 3. The van der Waals surface area contributed by atoms with Crippen molar-refractivity contribution in [2.24, 2.45) is 0 Å². The highest BCUT2D eigenvalue weighted by Crippen LogP contribution is 2.37. The second kappa shape index (κ2) is 6.46. The van der Waals surface area contributed by atoms with Gasteiger partial charge in [0.15, 0.2) is 11.5 Å². The molecule has 0 atom stereocenters. The van der Waals surface area contributed by atoms with Crippen LogP contribution in [0.4, 0.5) is 4.79 Å². The zero-order chi connectivity index (χ0) is 15.5. The summed E-state index contributed by atoms with van der Waals surface area (Å²) in [7, 11) is 0. The number of piperidine rings is 1. The van der Waals surface area contributed by atoms with E-state index in [1.165, 1.54) is 5.56 Å². The van der Waals surface area contributed by atoms with Gasteiger partial charge < -0.3 is 19.3 Å². The highest BCUT2D eigenvalue weighted by molar-refractivity contribution is 5.74. The Bertz CT molecular complexity index is 535. The first kappa shape index (κ1) is 15.0. The Morgan fingerprint density at radius 3 is 2.55 bits per heavy atom. The minimum absolute atomic E-state index is 0.175. The fraction of sp³-hybridized carbons (Fsp3) is 0.588. The van der Waals surface area contributed by atoms with Crippen LogP contribution in [-0.2, 0) is 0 Å². The smallest absolute Gasteiger partial charge is 0.319 e. The van der Waals surface area contributed by atoms with Gasteiger partial charge in [-0.05, 0) is 50.3 Å². The van der Waals surface area contributed by atoms with E-state index in [0.717, 1.165) is 50.5 Å². The van der Waals surface area contributed by atoms with E-state index < -0.39 is 0 Å². The third-order valence-electron chi connectivity index (χ3n) is 4.67. The maximum atomic E-state index is 12.4. The van der Waals surface area contributed by atoms with Crippen molar-refractivity contribution in [1.29, 1.82) is 0 Å². The highest BCUT2D eigenvalue weighted by Gasteiger charge is 2.27. The van der Waals surface area contributed by atoms with Crippen molar-refractivity contribution in [1.82, 2.24) is 9.80 Å². The van der Waals surface area contributed by atoms with Gasteiger partial charge in [-0.15, -0.1) is 0 Å². The summed E-state index contributed by atoms with van der Waals surface area (Å²) >= 11 is 0. The first-order chi connectivity index (χ1) is 10.7. The number of urea groups is 1. The van der Waals surface area contributed by atoms with Crippen LogP contribution in [0.5, 0.6) is 11.5 Å². The molecule has 22 heavy (non-hydrogen) atoms. The van der Waals surface area contributed by atoms with Crippen molar-refractivity contribution in [3.05, 3.63) is 23.8 Å². The highest BCUT2D eigenvalue weighted by atomic mass is 16.7. The van der Waals surface area contributed by atoms with Gasteiger partial charge in [0.1, 0.15) is 0 Å². The van der Waals surface area contributed by atoms with E-state index in [2.05, 4.69) is 12.1 Å². The Hall–Kier alpha value is -1.91. The van der Waals surface area contributed by atoms with Gasteiger partial charge in [0.25, 0.3) is 0 Å². The van der Waals surface area contributed by atoms with Gasteiger partial charge in [-0.1, -0.05) is 6.07 Å². The molecule has 3 rings (SSSR count). The monoisotopic (exact) mass is 304 g/mol. The van der Waals surface area contributed by atoms with Gasteiger partial charge in [0.05, 0.1) is 0 Å². The molecule has 0 saturated carbocycles. The zero-order valence-corrected chi connectivity index (χ0v) is 13.4. The quantitative estimate of drug-likeness (QED) is 0.862. The molecule has 1 fully saturated rings. The molecule has 2 aliphatic heterocycles. The second-order valence-electron chi connectivity index (χ2n) is 5.83. The lowest BCUT2D eigenvalue weighted by Gasteiger charge is -2.35. The molecular weight excluding hydrogens is 280 g/mol. The molecule has 1 aromatic rings. The number of amides is 2. The van der Waals surface area contributed by atoms with E-state index in [9.17, 15) is 4.79 Å². The molecule has 120 valence electrons. The largest absolute Gasteiger partial charge is 0.454 e. The number of nitrogens with zero attached hydrogens (tertiary/aromatic N) is 2. The number of hydrogen-bond donors (Lipinski definition) is 0. The lowest BCUT2D eigenvalue weighted by molar-refractivity contribution is 0.144. The van der Waals surface area contributed by atoms with Crippen LogP contribution in [0, 0.1) is 0 Å². The normalized spacial score (nSPS) is 17.6. The average molecular weight is 304 g/mol. The molecule has 5 nitrogen and oxygen atoms in total. The Labute approximate surface area is 131 Å². The molecule has 1 aromatic carbocycles. The van der Waals surface area contributed by atoms with Crippen LogP contribution in [0.2, 0.25) is 0 Å². The van der Waals surface area contributed by atoms with Crippen molar-refractivity contribution in [3.63, 3.8) is 0 Å². The molecule has 2 heterocycles. The van der Waals surface area contributed by atoms with E-state index >= 15 is 0 Å². The molecule has 0 bridgehead atoms. The number of ether oxygens (including phenoxy) is 2. The van der Waals surface area contributed by atoms with E-state index in [4.69, 9.17) is 9.47 Å². The topological polar surface area (TPSA) is 42.0 Å². The molecule has 0 aliphatic carbocycles. The number of likely N-dealkylation sites (tertiary alicyclic amines) is 1. The summed E-state index contributed by atoms with van der Waals surface area (Å²) in [5.74, 6) is 2.17. The standard InChI is InChI=1S/C17H24N2O3/c1-3-18(4-2)17(20)19-9-7-13(8-10-19)14-5-6-15-16(11-14)22-12-21-15/h5-6,11,13H,3-4,7-10,12H2,1-2H3. The van der Waals surface area contributed by atoms with Crippen LogP contribution < -0.4 is 9.47 Å². The van der Waals surface area contributed by atoms with Crippen LogP contribution >= 0.6 is 0 Å². The van der Waals surface area contributed by atoms with Crippen molar-refractivity contribution in [3.8, 4) is 11.5 Å². The van der Waals surface area contributed by atoms with Crippen molar-refractivity contribution >= 4 is 6.03 Å². The van der Waals surface area contributed by atoms with Crippen molar-refractivity contribution in [2.75, 3.05) is 33.0 Å². The number of carbonyl (C=O) groups excluding carboxylic acids is 1. The first-order valence-corrected chi connectivity index (χ1v) is 8.16. The predicted molar refractivity (Wildman–Crippen MR) is 84.4 cm³/mol. The van der Waals surface area contributed by atoms with Gasteiger partial charge in [0.2, 0.25) is 6.79 Å². The molecule has 2 amide bonds. The Morgan fingerprint density at radius 2 is 1.86 bits per heavy atom. The summed E-state index contributed by atoms with van der Waals surface area (Å²) in [5, 5.41) is 0. The van der Waals surface area contributed by atoms with Crippen LogP contribution in [0.1, 0.15) is 38.2 Å². The molecule has 0 N–H and O–H groups in total. The maximum absolute atomic E-state index is 12.4. The molecule has 0 spiro atoms. The zero-order valence-electron chi connectivity index (χ0n) is 13.4. The van der Waals surface area contributed by atoms with Crippen LogP contribution in [0.15, 0.2) is 18.2 Å². The summed E-state index contributed by atoms with van der Waals surface area (Å²) in [6, 6.07) is 6.38. The van der Waals surface area contributed by atoms with Gasteiger partial charge in [-0.3, -0.25) is 0 Å². The lowest BCUT2D eigenvalue weighted by Crippen LogP contribution is -2.46. The molecule has 0 aromatic heterocycles. The van der Waals surface area contributed by atoms with Crippen LogP contribution in [0.3, 0.4) is 0 Å². The van der Waals surface area contributed by atoms with Gasteiger partial charge in [-0.25, -0.2) is 4.79 Å². The molecule has 5 heteroatoms. The van der Waals surface area contributed by atoms with E-state index in [0.29, 0.717) is 12.7 Å². The summed E-state index contributed by atoms with van der Waals surface area (Å²) < 4.78 is 10.8. The number of carbonyl (C=O) groups is 1. The average Bonchev–Trinajstić information content (AvgIpc) is 3.03. The fourth-order valence-corrected chi connectivity index (χ4v) is 3.27.